The fourth-order valence-electron chi connectivity index (χ4n) is 8.74. The molecule has 0 aliphatic rings. The monoisotopic (exact) mass is 1170 g/mol. The van der Waals surface area contributed by atoms with Crippen molar-refractivity contribution in [3.05, 3.63) is 107 Å². The molecule has 3 aromatic carbocycles. The molecule has 0 heterocycles. The summed E-state index contributed by atoms with van der Waals surface area (Å²) in [4.78, 5) is 162. The van der Waals surface area contributed by atoms with Crippen LogP contribution in [0.15, 0.2) is 84.9 Å². The van der Waals surface area contributed by atoms with E-state index in [4.69, 9.17) is 10.8 Å². The van der Waals surface area contributed by atoms with Crippen molar-refractivity contribution < 1.29 is 82.8 Å². The van der Waals surface area contributed by atoms with Gasteiger partial charge in [-0.2, -0.15) is 0 Å². The highest BCUT2D eigenvalue weighted by molar-refractivity contribution is 5.97. The summed E-state index contributed by atoms with van der Waals surface area (Å²) < 4.78 is 0. The second-order valence-electron chi connectivity index (χ2n) is 20.5. The van der Waals surface area contributed by atoms with Crippen molar-refractivity contribution in [2.75, 3.05) is 6.54 Å². The standard InChI is InChI=1S/C60H79N7O17/c1-2-45(59(81)82)66-58(80)48(35-55(76)77)67-57(79)44(61)37-62-51(71)22-15-13-21-49(69)41-28-26-40(27-29-41)36-63-56(78)42(32-38-16-6-3-7-17-38)34-50(70)47(33-39-18-8-4-9-19-39)65-53(73)24-14-12-20-43(68)30-31-46(60(83)84)64-52(72)23-10-5-11-25-54(74)75/h3-4,6-9,16-19,26-29,42,44-48H,2,5,10-15,20-25,30-37,61H2,1H3,(H,62,71)(H,63,78)(H,64,72)(H,65,73)(H,66,80)(H,67,79)(H,74,75)(H,76,77)(H,81,82)(H,83,84)/t42-,44+,45?,46+,47+,48+/m1/s1. The molecule has 0 aromatic heterocycles. The highest BCUT2D eigenvalue weighted by Gasteiger charge is 2.31. The summed E-state index contributed by atoms with van der Waals surface area (Å²) in [6.45, 7) is 1.20. The zero-order valence-electron chi connectivity index (χ0n) is 47.3. The minimum absolute atomic E-state index is 0.00379. The summed E-state index contributed by atoms with van der Waals surface area (Å²) in [5, 5.41) is 51.8. The molecule has 0 aliphatic heterocycles. The minimum atomic E-state index is -1.63. The third kappa shape index (κ3) is 28.3. The number of amides is 6. The molecule has 3 rings (SSSR count). The number of Topliss-reactive ketones (excluding diaryl/α,β-unsaturated/α-hetero) is 3. The fourth-order valence-corrected chi connectivity index (χ4v) is 8.74. The van der Waals surface area contributed by atoms with Gasteiger partial charge in [0.1, 0.15) is 30.0 Å². The van der Waals surface area contributed by atoms with E-state index >= 15 is 0 Å². The fraction of sp³-hybridized carbons (Fsp3) is 0.483. The smallest absolute Gasteiger partial charge is 0.326 e. The van der Waals surface area contributed by atoms with E-state index in [0.29, 0.717) is 49.7 Å². The molecule has 6 atom stereocenters. The van der Waals surface area contributed by atoms with Gasteiger partial charge in [-0.1, -0.05) is 98.3 Å². The van der Waals surface area contributed by atoms with E-state index in [0.717, 1.165) is 11.1 Å². The van der Waals surface area contributed by atoms with Crippen LogP contribution in [0.4, 0.5) is 0 Å². The second-order valence-corrected chi connectivity index (χ2v) is 20.5. The summed E-state index contributed by atoms with van der Waals surface area (Å²) in [5.74, 6) is -10.5. The van der Waals surface area contributed by atoms with Gasteiger partial charge in [0.2, 0.25) is 35.4 Å². The van der Waals surface area contributed by atoms with Crippen molar-refractivity contribution >= 4 is 76.7 Å². The average Bonchev–Trinajstić information content (AvgIpc) is 3.64. The number of carbonyl (C=O) groups excluding carboxylic acids is 9. The zero-order valence-corrected chi connectivity index (χ0v) is 47.3. The predicted molar refractivity (Wildman–Crippen MR) is 304 cm³/mol. The Morgan fingerprint density at radius 3 is 1.55 bits per heavy atom. The van der Waals surface area contributed by atoms with Gasteiger partial charge < -0.3 is 58.1 Å². The molecule has 24 nitrogen and oxygen atoms in total. The van der Waals surface area contributed by atoms with E-state index in [-0.39, 0.29) is 114 Å². The molecule has 1 unspecified atom stereocenters. The molecule has 456 valence electrons. The van der Waals surface area contributed by atoms with Crippen molar-refractivity contribution in [3.63, 3.8) is 0 Å². The first-order chi connectivity index (χ1) is 40.0. The van der Waals surface area contributed by atoms with Crippen LogP contribution in [0.25, 0.3) is 0 Å². The summed E-state index contributed by atoms with van der Waals surface area (Å²) in [6.07, 6.45) is 1.74. The largest absolute Gasteiger partial charge is 0.481 e. The van der Waals surface area contributed by atoms with Crippen LogP contribution >= 0.6 is 0 Å². The van der Waals surface area contributed by atoms with Crippen molar-refractivity contribution in [2.24, 2.45) is 11.7 Å². The molecule has 6 amide bonds. The van der Waals surface area contributed by atoms with Crippen LogP contribution in [-0.4, -0.2) is 134 Å². The molecule has 24 heteroatoms. The quantitative estimate of drug-likeness (QED) is 0.0285. The Kier molecular flexibility index (Phi) is 31.6. The Balaban J connectivity index is 1.50. The molecule has 0 spiro atoms. The predicted octanol–water partition coefficient (Wildman–Crippen LogP) is 3.49. The minimum Gasteiger partial charge on any atom is -0.481 e. The van der Waals surface area contributed by atoms with Gasteiger partial charge in [-0.05, 0) is 80.9 Å². The Morgan fingerprint density at radius 1 is 0.452 bits per heavy atom. The van der Waals surface area contributed by atoms with Gasteiger partial charge in [-0.25, -0.2) is 9.59 Å². The highest BCUT2D eigenvalue weighted by atomic mass is 16.4. The van der Waals surface area contributed by atoms with Crippen LogP contribution in [-0.2, 0) is 76.9 Å². The normalized spacial score (nSPS) is 13.0. The number of benzene rings is 3. The van der Waals surface area contributed by atoms with Crippen molar-refractivity contribution in [2.45, 2.75) is 172 Å². The number of ketones is 3. The maximum absolute atomic E-state index is 14.2. The first-order valence-corrected chi connectivity index (χ1v) is 28.2. The van der Waals surface area contributed by atoms with Gasteiger partial charge in [-0.3, -0.25) is 52.7 Å². The number of hydrogen-bond donors (Lipinski definition) is 11. The second kappa shape index (κ2) is 38.2. The number of aliphatic carboxylic acids is 4. The molecular weight excluding hydrogens is 1090 g/mol. The zero-order chi connectivity index (χ0) is 62.0. The topological polar surface area (TPSA) is 401 Å². The molecule has 0 aliphatic carbocycles. The van der Waals surface area contributed by atoms with E-state index < -0.39 is 102 Å². The number of carbonyl (C=O) groups is 13. The third-order valence-corrected chi connectivity index (χ3v) is 13.6. The first-order valence-electron chi connectivity index (χ1n) is 28.2. The van der Waals surface area contributed by atoms with Crippen LogP contribution in [0.3, 0.4) is 0 Å². The molecule has 12 N–H and O–H groups in total. The van der Waals surface area contributed by atoms with E-state index in [9.17, 15) is 77.6 Å². The third-order valence-electron chi connectivity index (χ3n) is 13.6. The van der Waals surface area contributed by atoms with Gasteiger partial charge in [-0.15, -0.1) is 0 Å². The lowest BCUT2D eigenvalue weighted by molar-refractivity contribution is -0.143. The summed E-state index contributed by atoms with van der Waals surface area (Å²) >= 11 is 0. The van der Waals surface area contributed by atoms with Gasteiger partial charge in [0.25, 0.3) is 0 Å². The first kappa shape index (κ1) is 69.6. The van der Waals surface area contributed by atoms with Crippen molar-refractivity contribution in [1.29, 1.82) is 0 Å². The van der Waals surface area contributed by atoms with Crippen LogP contribution in [0.5, 0.6) is 0 Å². The lowest BCUT2D eigenvalue weighted by Gasteiger charge is -2.22. The summed E-state index contributed by atoms with van der Waals surface area (Å²) in [5.41, 5.74) is 8.51. The van der Waals surface area contributed by atoms with E-state index in [1.807, 2.05) is 48.5 Å². The molecule has 3 aromatic rings. The Labute approximate surface area is 487 Å². The Morgan fingerprint density at radius 2 is 0.976 bits per heavy atom. The number of nitrogens with one attached hydrogen (secondary N) is 6. The van der Waals surface area contributed by atoms with Crippen LogP contribution in [0.1, 0.15) is 150 Å². The molecule has 0 bridgehead atoms. The molecule has 0 radical (unpaired) electrons. The summed E-state index contributed by atoms with van der Waals surface area (Å²) in [6, 6.07) is 18.2. The summed E-state index contributed by atoms with van der Waals surface area (Å²) in [7, 11) is 0. The van der Waals surface area contributed by atoms with E-state index in [2.05, 4.69) is 31.9 Å². The van der Waals surface area contributed by atoms with Crippen molar-refractivity contribution in [3.8, 4) is 0 Å². The molecule has 84 heavy (non-hydrogen) atoms. The highest BCUT2D eigenvalue weighted by Crippen LogP contribution is 2.18. The van der Waals surface area contributed by atoms with E-state index in [1.54, 1.807) is 36.4 Å². The lowest BCUT2D eigenvalue weighted by Crippen LogP contribution is -2.56. The van der Waals surface area contributed by atoms with Crippen LogP contribution in [0.2, 0.25) is 0 Å². The maximum atomic E-state index is 14.2. The molecule has 0 saturated carbocycles. The lowest BCUT2D eigenvalue weighted by atomic mass is 9.89. The number of rotatable bonds is 43. The number of carboxylic acid groups (broad SMARTS) is 4. The van der Waals surface area contributed by atoms with E-state index in [1.165, 1.54) is 6.92 Å². The van der Waals surface area contributed by atoms with Crippen LogP contribution in [0, 0.1) is 5.92 Å². The Bertz CT molecular complexity index is 2710. The molecule has 0 fully saturated rings. The number of unbranched alkanes of at least 4 members (excludes halogenated alkanes) is 4. The van der Waals surface area contributed by atoms with Gasteiger partial charge in [0, 0.05) is 75.9 Å². The maximum Gasteiger partial charge on any atom is 0.326 e. The van der Waals surface area contributed by atoms with Crippen molar-refractivity contribution in [1.82, 2.24) is 31.9 Å². The number of carboxylic acids is 4. The SMILES string of the molecule is CCC(NC(=O)[C@H](CC(=O)O)NC(=O)[C@@H](N)CNC(=O)CCCCC(=O)c1ccc(CNC(=O)[C@@H](CC(=O)[C@H](Cc2ccccc2)NC(=O)CCCCC(=O)CC[C@H](NC(=O)CCCCCC(=O)O)C(=O)O)Cc2ccccc2)cc1)C(=O)O. The average molecular weight is 1170 g/mol. The Hall–Kier alpha value is -8.67. The van der Waals surface area contributed by atoms with Gasteiger partial charge in [0.05, 0.1) is 12.5 Å². The van der Waals surface area contributed by atoms with Crippen LogP contribution < -0.4 is 37.6 Å². The molecular formula is C60H79N7O17. The number of hydrogen-bond acceptors (Lipinski definition) is 14. The van der Waals surface area contributed by atoms with Gasteiger partial charge >= 0.3 is 23.9 Å². The molecule has 0 saturated heterocycles. The number of nitrogens with two attached hydrogens (primary N) is 1. The van der Waals surface area contributed by atoms with Gasteiger partial charge in [0.15, 0.2) is 11.6 Å².